The second-order valence-electron chi connectivity index (χ2n) is 19.0. The molecule has 0 aliphatic rings. The fraction of sp³-hybridized carbons (Fsp3) is 0.767. The highest BCUT2D eigenvalue weighted by Gasteiger charge is 2.23. The van der Waals surface area contributed by atoms with Crippen LogP contribution in [0.15, 0.2) is 72.9 Å². The number of nitrogens with one attached hydrogen (secondary N) is 1. The van der Waals surface area contributed by atoms with E-state index in [4.69, 9.17) is 4.74 Å². The number of aliphatic hydroxyl groups excluding tert-OH is 2. The minimum absolute atomic E-state index is 0.0476. The number of carbonyl (C=O) groups is 2. The monoisotopic (exact) mass is 922 g/mol. The first kappa shape index (κ1) is 63.3. The van der Waals surface area contributed by atoms with Gasteiger partial charge in [-0.15, -0.1) is 0 Å². The molecule has 0 bridgehead atoms. The lowest BCUT2D eigenvalue weighted by molar-refractivity contribution is -0.148. The summed E-state index contributed by atoms with van der Waals surface area (Å²) < 4.78 is 5.84. The fourth-order valence-electron chi connectivity index (χ4n) is 8.27. The van der Waals surface area contributed by atoms with Gasteiger partial charge in [0.2, 0.25) is 5.91 Å². The van der Waals surface area contributed by atoms with Crippen LogP contribution in [0.3, 0.4) is 0 Å². The molecule has 0 spiro atoms. The lowest BCUT2D eigenvalue weighted by atomic mass is 10.0. The number of rotatable bonds is 50. The van der Waals surface area contributed by atoms with Crippen LogP contribution in [0.4, 0.5) is 0 Å². The fourth-order valence-corrected chi connectivity index (χ4v) is 8.27. The molecule has 382 valence electrons. The summed E-state index contributed by atoms with van der Waals surface area (Å²) in [7, 11) is 0. The van der Waals surface area contributed by atoms with E-state index in [0.717, 1.165) is 64.2 Å². The smallest absolute Gasteiger partial charge is 0.306 e. The Bertz CT molecular complexity index is 1220. The highest BCUT2D eigenvalue weighted by molar-refractivity contribution is 5.78. The van der Waals surface area contributed by atoms with E-state index in [1.807, 2.05) is 6.08 Å². The third-order valence-corrected chi connectivity index (χ3v) is 12.5. The maximum Gasteiger partial charge on any atom is 0.306 e. The molecular formula is C60H107NO5. The van der Waals surface area contributed by atoms with Crippen molar-refractivity contribution >= 4 is 11.9 Å². The zero-order chi connectivity index (χ0) is 48.1. The molecule has 0 aromatic carbocycles. The van der Waals surface area contributed by atoms with Gasteiger partial charge in [-0.05, 0) is 76.7 Å². The summed E-state index contributed by atoms with van der Waals surface area (Å²) in [6.07, 6.45) is 68.6. The molecule has 1 amide bonds. The van der Waals surface area contributed by atoms with Gasteiger partial charge in [-0.3, -0.25) is 9.59 Å². The number of ether oxygens (including phenoxy) is 1. The standard InChI is InChI=1S/C60H107NO5/c1-4-7-10-13-16-19-22-25-28-29-30-31-32-35-38-41-44-47-50-53-60(65)66-56(51-48-45-42-39-36-33-26-23-20-17-14-11-8-5-2)54-59(64)61-57(55-62)58(63)52-49-46-43-40-37-34-27-24-21-18-15-12-9-6-3/h8,11,17,20,25-26,28,33,39,42,48,51,56-58,62-63H,4-7,9-10,12-16,18-19,21-24,27,29-32,34-38,40-41,43-47,49-50,52-55H2,1-3H3,(H,61,64)/b11-8+,20-17+,28-25+,33-26+,42-39+,51-48+. The topological polar surface area (TPSA) is 95.9 Å². The van der Waals surface area contributed by atoms with E-state index in [9.17, 15) is 19.8 Å². The van der Waals surface area contributed by atoms with Crippen LogP contribution in [-0.4, -0.2) is 46.9 Å². The largest absolute Gasteiger partial charge is 0.458 e. The van der Waals surface area contributed by atoms with Gasteiger partial charge in [0.25, 0.3) is 0 Å². The van der Waals surface area contributed by atoms with Crippen LogP contribution in [0.5, 0.6) is 0 Å². The number of esters is 1. The summed E-state index contributed by atoms with van der Waals surface area (Å²) in [6, 6.07) is -0.745. The summed E-state index contributed by atoms with van der Waals surface area (Å²) >= 11 is 0. The van der Waals surface area contributed by atoms with Crippen molar-refractivity contribution in [3.05, 3.63) is 72.9 Å². The highest BCUT2D eigenvalue weighted by atomic mass is 16.5. The second-order valence-corrected chi connectivity index (χ2v) is 19.0. The first-order valence-corrected chi connectivity index (χ1v) is 28.2. The van der Waals surface area contributed by atoms with Gasteiger partial charge in [0.05, 0.1) is 25.2 Å². The summed E-state index contributed by atoms with van der Waals surface area (Å²) in [5, 5.41) is 23.8. The van der Waals surface area contributed by atoms with Crippen molar-refractivity contribution in [2.24, 2.45) is 0 Å². The number of amides is 1. The predicted octanol–water partition coefficient (Wildman–Crippen LogP) is 17.3. The summed E-state index contributed by atoms with van der Waals surface area (Å²) in [5.41, 5.74) is 0. The van der Waals surface area contributed by atoms with E-state index in [1.165, 1.54) is 161 Å². The zero-order valence-electron chi connectivity index (χ0n) is 43.6. The van der Waals surface area contributed by atoms with Crippen molar-refractivity contribution in [3.63, 3.8) is 0 Å². The van der Waals surface area contributed by atoms with Gasteiger partial charge in [0.15, 0.2) is 0 Å². The molecule has 66 heavy (non-hydrogen) atoms. The Balaban J connectivity index is 4.64. The van der Waals surface area contributed by atoms with Crippen molar-refractivity contribution in [1.82, 2.24) is 5.32 Å². The van der Waals surface area contributed by atoms with E-state index in [0.29, 0.717) is 19.3 Å². The number of aliphatic hydroxyl groups is 2. The number of allylic oxidation sites excluding steroid dienone is 11. The molecule has 0 saturated carbocycles. The minimum Gasteiger partial charge on any atom is -0.458 e. The van der Waals surface area contributed by atoms with Crippen molar-refractivity contribution < 1.29 is 24.5 Å². The van der Waals surface area contributed by atoms with Crippen LogP contribution in [-0.2, 0) is 14.3 Å². The van der Waals surface area contributed by atoms with Crippen molar-refractivity contribution in [2.45, 2.75) is 289 Å². The quantitative estimate of drug-likeness (QED) is 0.0321. The van der Waals surface area contributed by atoms with Crippen LogP contribution in [0.25, 0.3) is 0 Å². The number of carbonyl (C=O) groups excluding carboxylic acids is 2. The summed E-state index contributed by atoms with van der Waals surface area (Å²) in [5.74, 6) is -0.626. The molecule has 0 aliphatic carbocycles. The predicted molar refractivity (Wildman–Crippen MR) is 287 cm³/mol. The van der Waals surface area contributed by atoms with Crippen molar-refractivity contribution in [3.8, 4) is 0 Å². The van der Waals surface area contributed by atoms with Crippen molar-refractivity contribution in [2.75, 3.05) is 6.61 Å². The molecule has 6 heteroatoms. The van der Waals surface area contributed by atoms with Gasteiger partial charge in [-0.1, -0.05) is 255 Å². The molecule has 3 N–H and O–H groups in total. The minimum atomic E-state index is -0.822. The molecule has 0 aromatic heterocycles. The third-order valence-electron chi connectivity index (χ3n) is 12.5. The summed E-state index contributed by atoms with van der Waals surface area (Å²) in [6.45, 7) is 6.35. The van der Waals surface area contributed by atoms with Crippen LogP contribution in [0.2, 0.25) is 0 Å². The number of unbranched alkanes of at least 4 members (excludes halogenated alkanes) is 28. The maximum absolute atomic E-state index is 13.2. The highest BCUT2D eigenvalue weighted by Crippen LogP contribution is 2.17. The normalized spacial score (nSPS) is 13.7. The zero-order valence-corrected chi connectivity index (χ0v) is 43.6. The first-order chi connectivity index (χ1) is 32.5. The van der Waals surface area contributed by atoms with E-state index in [1.54, 1.807) is 6.08 Å². The maximum atomic E-state index is 13.2. The van der Waals surface area contributed by atoms with Crippen LogP contribution in [0, 0.1) is 0 Å². The van der Waals surface area contributed by atoms with Gasteiger partial charge in [0.1, 0.15) is 6.10 Å². The third kappa shape index (κ3) is 47.8. The number of hydrogen-bond donors (Lipinski definition) is 3. The molecule has 3 unspecified atom stereocenters. The molecule has 0 rings (SSSR count). The Morgan fingerprint density at radius 1 is 0.470 bits per heavy atom. The Morgan fingerprint density at radius 2 is 0.848 bits per heavy atom. The van der Waals surface area contributed by atoms with Crippen LogP contribution >= 0.6 is 0 Å². The van der Waals surface area contributed by atoms with E-state index >= 15 is 0 Å². The molecule has 0 fully saturated rings. The SMILES string of the molecule is CC/C=C/C/C=C/C/C=C/C/C=C/C/C=C/C(CC(=O)NC(CO)C(O)CCCCCCCCCCCCCCCC)OC(=O)CCCCCCCCCCC/C=C/CCCCCCCC. The molecule has 0 aromatic rings. The molecule has 0 heterocycles. The Labute approximate surface area is 409 Å². The average molecular weight is 923 g/mol. The van der Waals surface area contributed by atoms with Gasteiger partial charge in [-0.25, -0.2) is 0 Å². The second kappa shape index (κ2) is 53.3. The van der Waals surface area contributed by atoms with Crippen LogP contribution < -0.4 is 5.32 Å². The molecule has 3 atom stereocenters. The Hall–Kier alpha value is -2.70. The average Bonchev–Trinajstić information content (AvgIpc) is 3.31. The lowest BCUT2D eigenvalue weighted by Crippen LogP contribution is -2.46. The number of hydrogen-bond acceptors (Lipinski definition) is 5. The molecule has 0 aliphatic heterocycles. The van der Waals surface area contributed by atoms with Gasteiger partial charge in [-0.2, -0.15) is 0 Å². The van der Waals surface area contributed by atoms with E-state index in [-0.39, 0.29) is 24.9 Å². The Morgan fingerprint density at radius 3 is 1.27 bits per heavy atom. The van der Waals surface area contributed by atoms with Crippen molar-refractivity contribution in [1.29, 1.82) is 0 Å². The molecule has 0 saturated heterocycles. The van der Waals surface area contributed by atoms with Crippen LogP contribution in [0.1, 0.15) is 271 Å². The summed E-state index contributed by atoms with van der Waals surface area (Å²) in [4.78, 5) is 26.2. The lowest BCUT2D eigenvalue weighted by Gasteiger charge is -2.23. The Kier molecular flexibility index (Phi) is 51.1. The van der Waals surface area contributed by atoms with Gasteiger partial charge in [0, 0.05) is 6.42 Å². The van der Waals surface area contributed by atoms with E-state index in [2.05, 4.69) is 86.8 Å². The van der Waals surface area contributed by atoms with Gasteiger partial charge >= 0.3 is 5.97 Å². The van der Waals surface area contributed by atoms with E-state index < -0.39 is 18.2 Å². The molecule has 6 nitrogen and oxygen atoms in total. The van der Waals surface area contributed by atoms with Gasteiger partial charge < -0.3 is 20.3 Å². The molecular weight excluding hydrogens is 815 g/mol. The molecule has 0 radical (unpaired) electrons. The first-order valence-electron chi connectivity index (χ1n) is 28.2.